The molecule has 0 radical (unpaired) electrons. The molecule has 0 spiro atoms. The Hall–Kier alpha value is -0.900. The van der Waals surface area contributed by atoms with Gasteiger partial charge in [-0.1, -0.05) is 43.7 Å². The van der Waals surface area contributed by atoms with Crippen LogP contribution in [0.1, 0.15) is 91.9 Å². The zero-order valence-corrected chi connectivity index (χ0v) is 19.7. The van der Waals surface area contributed by atoms with Crippen molar-refractivity contribution < 1.29 is 15.3 Å². The third-order valence-electron chi connectivity index (χ3n) is 8.62. The summed E-state index contributed by atoms with van der Waals surface area (Å²) >= 11 is 0. The SMILES string of the molecule is C=C1CC[C@H](O)C/C1=C/C=C1\CCC[C@@]2(C)C1CCC2[C@H](C)CCC(O)C(C)(C)O. The molecule has 6 atom stereocenters. The number of fused-ring (bicyclic) bond motifs is 1. The minimum absolute atomic E-state index is 0.215. The first kappa shape index (κ1) is 23.8. The van der Waals surface area contributed by atoms with Crippen LogP contribution in [0.15, 0.2) is 35.5 Å². The molecule has 3 fully saturated rings. The summed E-state index contributed by atoms with van der Waals surface area (Å²) in [4.78, 5) is 0. The molecule has 0 saturated heterocycles. The van der Waals surface area contributed by atoms with Crippen LogP contribution < -0.4 is 0 Å². The van der Waals surface area contributed by atoms with Crippen LogP contribution >= 0.6 is 0 Å². The summed E-state index contributed by atoms with van der Waals surface area (Å²) < 4.78 is 0. The second-order valence-corrected chi connectivity index (χ2v) is 11.3. The first-order chi connectivity index (χ1) is 14.0. The van der Waals surface area contributed by atoms with Gasteiger partial charge in [-0.15, -0.1) is 0 Å². The summed E-state index contributed by atoms with van der Waals surface area (Å²) in [6.45, 7) is 12.5. The minimum atomic E-state index is -1.02. The smallest absolute Gasteiger partial charge is 0.0849 e. The molecule has 0 aromatic carbocycles. The highest BCUT2D eigenvalue weighted by molar-refractivity contribution is 5.36. The molecule has 170 valence electrons. The molecule has 3 rings (SSSR count). The maximum Gasteiger partial charge on any atom is 0.0849 e. The Morgan fingerprint density at radius 1 is 1.17 bits per heavy atom. The van der Waals surface area contributed by atoms with Gasteiger partial charge in [0.2, 0.25) is 0 Å². The van der Waals surface area contributed by atoms with Gasteiger partial charge in [-0.2, -0.15) is 0 Å². The second kappa shape index (κ2) is 9.30. The van der Waals surface area contributed by atoms with Crippen LogP contribution in [-0.4, -0.2) is 33.1 Å². The Morgan fingerprint density at radius 3 is 2.60 bits per heavy atom. The fraction of sp³-hybridized carbons (Fsp3) is 0.778. The number of hydrogen-bond donors (Lipinski definition) is 3. The van der Waals surface area contributed by atoms with E-state index in [9.17, 15) is 15.3 Å². The van der Waals surface area contributed by atoms with Crippen LogP contribution in [0, 0.1) is 23.2 Å². The van der Waals surface area contributed by atoms with Crippen molar-refractivity contribution in [3.8, 4) is 0 Å². The Labute approximate surface area is 184 Å². The molecular weight excluding hydrogens is 372 g/mol. The lowest BCUT2D eigenvalue weighted by molar-refractivity contribution is -0.0554. The van der Waals surface area contributed by atoms with E-state index in [0.29, 0.717) is 29.6 Å². The molecule has 0 bridgehead atoms. The van der Waals surface area contributed by atoms with Crippen LogP contribution in [0.4, 0.5) is 0 Å². The highest BCUT2D eigenvalue weighted by Crippen LogP contribution is 2.60. The Balaban J connectivity index is 1.69. The lowest BCUT2D eigenvalue weighted by Crippen LogP contribution is -2.38. The summed E-state index contributed by atoms with van der Waals surface area (Å²) in [7, 11) is 0. The van der Waals surface area contributed by atoms with Gasteiger partial charge >= 0.3 is 0 Å². The molecule has 30 heavy (non-hydrogen) atoms. The summed E-state index contributed by atoms with van der Waals surface area (Å²) in [6, 6.07) is 0. The number of allylic oxidation sites excluding steroid dienone is 4. The highest BCUT2D eigenvalue weighted by atomic mass is 16.3. The standard InChI is InChI=1S/C27H44O3/c1-18-8-12-22(28)17-21(18)11-10-20-7-6-16-27(5)23(13-14-24(20)27)19(2)9-15-25(29)26(3,4)30/h10-11,19,22-25,28-30H,1,6-9,12-17H2,2-5H3/b20-10+,21-11-/t19-,22+,23?,24?,25?,27-/m1/s1. The normalized spacial score (nSPS) is 37.4. The summed E-state index contributed by atoms with van der Waals surface area (Å²) in [5.41, 5.74) is 3.34. The average molecular weight is 417 g/mol. The van der Waals surface area contributed by atoms with E-state index in [4.69, 9.17) is 0 Å². The lowest BCUT2D eigenvalue weighted by Gasteiger charge is -2.44. The predicted octanol–water partition coefficient (Wildman–Crippen LogP) is 5.70. The van der Waals surface area contributed by atoms with Crippen LogP contribution in [0.5, 0.6) is 0 Å². The van der Waals surface area contributed by atoms with E-state index in [1.807, 2.05) is 0 Å². The van der Waals surface area contributed by atoms with Crippen molar-refractivity contribution in [1.29, 1.82) is 0 Å². The number of aliphatic hydroxyl groups excluding tert-OH is 2. The molecule has 0 amide bonds. The van der Waals surface area contributed by atoms with Crippen molar-refractivity contribution in [2.75, 3.05) is 0 Å². The molecule has 3 N–H and O–H groups in total. The van der Waals surface area contributed by atoms with Gasteiger partial charge in [0.15, 0.2) is 0 Å². The number of hydrogen-bond acceptors (Lipinski definition) is 3. The largest absolute Gasteiger partial charge is 0.393 e. The Kier molecular flexibility index (Phi) is 7.37. The number of rotatable bonds is 6. The van der Waals surface area contributed by atoms with Gasteiger partial charge in [-0.3, -0.25) is 0 Å². The van der Waals surface area contributed by atoms with Gasteiger partial charge in [-0.25, -0.2) is 0 Å². The van der Waals surface area contributed by atoms with Gasteiger partial charge < -0.3 is 15.3 Å². The fourth-order valence-corrected chi connectivity index (χ4v) is 6.58. The predicted molar refractivity (Wildman–Crippen MR) is 124 cm³/mol. The van der Waals surface area contributed by atoms with Crippen LogP contribution in [0.3, 0.4) is 0 Å². The summed E-state index contributed by atoms with van der Waals surface area (Å²) in [5.74, 6) is 1.89. The second-order valence-electron chi connectivity index (χ2n) is 11.3. The zero-order valence-electron chi connectivity index (χ0n) is 19.7. The molecule has 3 aliphatic rings. The fourth-order valence-electron chi connectivity index (χ4n) is 6.58. The van der Waals surface area contributed by atoms with Gasteiger partial charge in [-0.05, 0) is 107 Å². The Morgan fingerprint density at radius 2 is 1.90 bits per heavy atom. The third-order valence-corrected chi connectivity index (χ3v) is 8.62. The van der Waals surface area contributed by atoms with Gasteiger partial charge in [0.1, 0.15) is 0 Å². The molecule has 0 aromatic heterocycles. The average Bonchev–Trinajstić information content (AvgIpc) is 3.03. The maximum atomic E-state index is 10.3. The van der Waals surface area contributed by atoms with Crippen molar-refractivity contribution in [2.24, 2.45) is 23.2 Å². The topological polar surface area (TPSA) is 60.7 Å². The van der Waals surface area contributed by atoms with E-state index >= 15 is 0 Å². The van der Waals surface area contributed by atoms with E-state index in [1.165, 1.54) is 43.3 Å². The quantitative estimate of drug-likeness (QED) is 0.520. The van der Waals surface area contributed by atoms with Gasteiger partial charge in [0.05, 0.1) is 17.8 Å². The molecule has 3 heteroatoms. The maximum absolute atomic E-state index is 10.3. The van der Waals surface area contributed by atoms with Crippen LogP contribution in [0.25, 0.3) is 0 Å². The van der Waals surface area contributed by atoms with Crippen molar-refractivity contribution >= 4 is 0 Å². The van der Waals surface area contributed by atoms with E-state index in [2.05, 4.69) is 32.6 Å². The van der Waals surface area contributed by atoms with E-state index in [0.717, 1.165) is 25.7 Å². The highest BCUT2D eigenvalue weighted by Gasteiger charge is 2.50. The summed E-state index contributed by atoms with van der Waals surface area (Å²) in [6.07, 6.45) is 14.1. The van der Waals surface area contributed by atoms with Crippen LogP contribution in [0.2, 0.25) is 0 Å². The van der Waals surface area contributed by atoms with Crippen molar-refractivity contribution in [1.82, 2.24) is 0 Å². The first-order valence-electron chi connectivity index (χ1n) is 12.2. The molecule has 3 aliphatic carbocycles. The molecule has 0 aromatic rings. The van der Waals surface area contributed by atoms with Crippen LogP contribution in [-0.2, 0) is 0 Å². The first-order valence-corrected chi connectivity index (χ1v) is 12.2. The minimum Gasteiger partial charge on any atom is -0.393 e. The monoisotopic (exact) mass is 416 g/mol. The Bertz CT molecular complexity index is 683. The molecule has 3 nitrogen and oxygen atoms in total. The van der Waals surface area contributed by atoms with Gasteiger partial charge in [0.25, 0.3) is 0 Å². The van der Waals surface area contributed by atoms with E-state index < -0.39 is 11.7 Å². The van der Waals surface area contributed by atoms with E-state index in [1.54, 1.807) is 19.4 Å². The van der Waals surface area contributed by atoms with Crippen molar-refractivity contribution in [3.05, 3.63) is 35.5 Å². The molecular formula is C27H44O3. The van der Waals surface area contributed by atoms with Gasteiger partial charge in [0, 0.05) is 0 Å². The van der Waals surface area contributed by atoms with Crippen molar-refractivity contribution in [3.63, 3.8) is 0 Å². The third kappa shape index (κ3) is 5.11. The van der Waals surface area contributed by atoms with E-state index in [-0.39, 0.29) is 6.10 Å². The number of aliphatic hydroxyl groups is 3. The summed E-state index contributed by atoms with van der Waals surface area (Å²) in [5, 5.41) is 30.3. The van der Waals surface area contributed by atoms with Crippen molar-refractivity contribution in [2.45, 2.75) is 110 Å². The molecule has 0 aliphatic heterocycles. The molecule has 3 unspecified atom stereocenters. The molecule has 3 saturated carbocycles. The zero-order chi connectivity index (χ0) is 22.1. The lowest BCUT2D eigenvalue weighted by atomic mass is 9.60. The molecule has 0 heterocycles.